The second-order valence-corrected chi connectivity index (χ2v) is 18.0. The molecule has 6 N–H and O–H groups in total. The number of aliphatic carboxylic acids is 2. The van der Waals surface area contributed by atoms with Crippen molar-refractivity contribution in [3.63, 3.8) is 0 Å². The Hall–Kier alpha value is -6.69. The highest BCUT2D eigenvalue weighted by Crippen LogP contribution is 2.33. The fourth-order valence-corrected chi connectivity index (χ4v) is 9.35. The van der Waals surface area contributed by atoms with E-state index in [0.29, 0.717) is 30.0 Å². The van der Waals surface area contributed by atoms with Gasteiger partial charge in [0, 0.05) is 61.9 Å². The van der Waals surface area contributed by atoms with Crippen molar-refractivity contribution in [2.24, 2.45) is 11.8 Å². The summed E-state index contributed by atoms with van der Waals surface area (Å²) < 4.78 is 0. The number of thiophene rings is 1. The van der Waals surface area contributed by atoms with Gasteiger partial charge in [0.05, 0.1) is 18.8 Å². The molecular formula is C47H54N6O11S. The molecule has 1 aliphatic carbocycles. The Morgan fingerprint density at radius 1 is 0.708 bits per heavy atom. The first-order valence-corrected chi connectivity index (χ1v) is 22.6. The Labute approximate surface area is 380 Å². The quantitative estimate of drug-likeness (QED) is 0.152. The molecule has 2 aromatic carbocycles. The van der Waals surface area contributed by atoms with Crippen molar-refractivity contribution in [3.8, 4) is 0 Å². The summed E-state index contributed by atoms with van der Waals surface area (Å²) in [5.41, 5.74) is 3.47. The van der Waals surface area contributed by atoms with Gasteiger partial charge in [0.1, 0.15) is 23.9 Å². The first-order chi connectivity index (χ1) is 31.1. The first kappa shape index (κ1) is 47.8. The Kier molecular flexibility index (Phi) is 16.0. The monoisotopic (exact) mass is 910 g/mol. The number of piperazine rings is 1. The maximum absolute atomic E-state index is 14.4. The average molecular weight is 911 g/mol. The number of rotatable bonds is 11. The zero-order valence-electron chi connectivity index (χ0n) is 36.2. The van der Waals surface area contributed by atoms with Crippen LogP contribution in [0.25, 0.3) is 5.57 Å². The van der Waals surface area contributed by atoms with Crippen LogP contribution < -0.4 is 26.2 Å². The fraction of sp³-hybridized carbons (Fsp3) is 0.426. The summed E-state index contributed by atoms with van der Waals surface area (Å²) in [7, 11) is 0. The summed E-state index contributed by atoms with van der Waals surface area (Å²) in [6.45, 7) is 5.02. The molecule has 3 heterocycles. The lowest BCUT2D eigenvalue weighted by atomic mass is 9.84. The Balaban J connectivity index is 1.35. The lowest BCUT2D eigenvalue weighted by Gasteiger charge is -2.36. The number of hydrogen-bond donors (Lipinski definition) is 6. The summed E-state index contributed by atoms with van der Waals surface area (Å²) in [4.78, 5) is 128. The first-order valence-electron chi connectivity index (χ1n) is 21.7. The second kappa shape index (κ2) is 21.8. The summed E-state index contributed by atoms with van der Waals surface area (Å²) >= 11 is 1.15. The van der Waals surface area contributed by atoms with Crippen LogP contribution >= 0.6 is 11.3 Å². The molecular weight excluding hydrogens is 857 g/mol. The molecule has 0 saturated carbocycles. The molecule has 6 rings (SSSR count). The molecule has 18 heteroatoms. The average Bonchev–Trinajstić information content (AvgIpc) is 3.96. The highest BCUT2D eigenvalue weighted by atomic mass is 32.1. The number of para-hydroxylation sites is 1. The smallest absolute Gasteiger partial charge is 0.334 e. The van der Waals surface area contributed by atoms with E-state index in [4.69, 9.17) is 0 Å². The van der Waals surface area contributed by atoms with Gasteiger partial charge < -0.3 is 41.3 Å². The van der Waals surface area contributed by atoms with Crippen molar-refractivity contribution in [2.45, 2.75) is 88.9 Å². The topological polar surface area (TPSA) is 249 Å². The molecule has 5 amide bonds. The number of carbonyl (C=O) groups is 9. The molecule has 65 heavy (non-hydrogen) atoms. The molecule has 0 spiro atoms. The molecule has 3 aliphatic rings. The van der Waals surface area contributed by atoms with Gasteiger partial charge in [-0.05, 0) is 59.0 Å². The van der Waals surface area contributed by atoms with Crippen LogP contribution in [-0.4, -0.2) is 119 Å². The number of anilines is 1. The minimum Gasteiger partial charge on any atom is -0.481 e. The van der Waals surface area contributed by atoms with Gasteiger partial charge in [0.2, 0.25) is 29.5 Å². The van der Waals surface area contributed by atoms with Crippen LogP contribution in [0.15, 0.2) is 78.2 Å². The number of hydrogen-bond acceptors (Lipinski definition) is 11. The van der Waals surface area contributed by atoms with Gasteiger partial charge in [-0.15, -0.1) is 11.3 Å². The molecule has 2 fully saturated rings. The zero-order chi connectivity index (χ0) is 46.8. The Bertz CT molecular complexity index is 2310. The maximum Gasteiger partial charge on any atom is 0.334 e. The molecule has 3 aromatic rings. The highest BCUT2D eigenvalue weighted by molar-refractivity contribution is 7.10. The van der Waals surface area contributed by atoms with Gasteiger partial charge >= 0.3 is 11.9 Å². The molecule has 1 aromatic heterocycles. The minimum absolute atomic E-state index is 0.0711. The van der Waals surface area contributed by atoms with Crippen molar-refractivity contribution < 1.29 is 53.4 Å². The fourth-order valence-electron chi connectivity index (χ4n) is 8.50. The van der Waals surface area contributed by atoms with Crippen LogP contribution in [-0.2, 0) is 49.6 Å². The summed E-state index contributed by atoms with van der Waals surface area (Å²) in [5, 5.41) is 31.6. The third-order valence-corrected chi connectivity index (χ3v) is 12.9. The molecule has 2 saturated heterocycles. The number of carboxylic acids is 2. The van der Waals surface area contributed by atoms with Crippen molar-refractivity contribution in [1.82, 2.24) is 26.2 Å². The van der Waals surface area contributed by atoms with E-state index in [1.165, 1.54) is 4.90 Å². The number of benzene rings is 2. The van der Waals surface area contributed by atoms with Crippen molar-refractivity contribution >= 4 is 75.6 Å². The van der Waals surface area contributed by atoms with Crippen molar-refractivity contribution in [2.75, 3.05) is 31.1 Å². The van der Waals surface area contributed by atoms with Gasteiger partial charge in [0.15, 0.2) is 11.8 Å². The molecule has 2 aliphatic heterocycles. The van der Waals surface area contributed by atoms with Crippen LogP contribution in [0.5, 0.6) is 0 Å². The number of ketones is 2. The highest BCUT2D eigenvalue weighted by Gasteiger charge is 2.40. The predicted octanol–water partition coefficient (Wildman–Crippen LogP) is 2.69. The van der Waals surface area contributed by atoms with Crippen molar-refractivity contribution in [1.29, 1.82) is 0 Å². The van der Waals surface area contributed by atoms with Crippen LogP contribution in [0.4, 0.5) is 5.69 Å². The van der Waals surface area contributed by atoms with Crippen LogP contribution in [0.1, 0.15) is 74.3 Å². The predicted molar refractivity (Wildman–Crippen MR) is 239 cm³/mol. The maximum atomic E-state index is 14.4. The summed E-state index contributed by atoms with van der Waals surface area (Å²) in [6.07, 6.45) is -0.207. The summed E-state index contributed by atoms with van der Waals surface area (Å²) in [5.74, 6) is -11.9. The molecule has 6 atom stereocenters. The number of allylic oxidation sites excluding steroid dienone is 1. The number of amides is 5. The molecule has 17 nitrogen and oxygen atoms in total. The van der Waals surface area contributed by atoms with E-state index in [0.717, 1.165) is 28.2 Å². The van der Waals surface area contributed by atoms with Gasteiger partial charge in [-0.3, -0.25) is 38.4 Å². The van der Waals surface area contributed by atoms with Crippen LogP contribution in [0, 0.1) is 11.8 Å². The van der Waals surface area contributed by atoms with E-state index in [1.54, 1.807) is 17.5 Å². The normalized spacial score (nSPS) is 23.9. The van der Waals surface area contributed by atoms with E-state index in [9.17, 15) is 53.4 Å². The van der Waals surface area contributed by atoms with E-state index in [-0.39, 0.29) is 31.8 Å². The number of carboxylic acid groups (broad SMARTS) is 2. The second-order valence-electron chi connectivity index (χ2n) is 17.0. The van der Waals surface area contributed by atoms with Gasteiger partial charge in [-0.25, -0.2) is 4.79 Å². The number of Topliss-reactive ketones (excluding diaryl/α,β-unsaturated/α-hetero) is 2. The zero-order valence-corrected chi connectivity index (χ0v) is 37.0. The third kappa shape index (κ3) is 12.5. The largest absolute Gasteiger partial charge is 0.481 e. The minimum atomic E-state index is -2.24. The molecule has 344 valence electrons. The lowest BCUT2D eigenvalue weighted by molar-refractivity contribution is -0.147. The number of fused-ring (bicyclic) bond motifs is 1. The Morgan fingerprint density at radius 3 is 1.98 bits per heavy atom. The van der Waals surface area contributed by atoms with Gasteiger partial charge in [-0.1, -0.05) is 68.5 Å². The van der Waals surface area contributed by atoms with Crippen LogP contribution in [0.3, 0.4) is 0 Å². The lowest BCUT2D eigenvalue weighted by Crippen LogP contribution is -2.60. The van der Waals surface area contributed by atoms with E-state index in [1.807, 2.05) is 74.5 Å². The molecule has 0 unspecified atom stereocenters. The van der Waals surface area contributed by atoms with Gasteiger partial charge in [-0.2, -0.15) is 0 Å². The van der Waals surface area contributed by atoms with Gasteiger partial charge in [0.25, 0.3) is 0 Å². The number of nitrogens with zero attached hydrogens (tertiary/aromatic N) is 2. The molecule has 0 bridgehead atoms. The number of carbonyl (C=O) groups excluding carboxylic acids is 7. The standard InChI is InChI=1S/C47H54N6O11S/c1-27(2)21-30-23-37(54)33(39-13-8-20-65-39)24-38(55)42(47(63)64)51-46(62)35(25-40(56)53-18-16-52(17-19-53)31-10-4-3-5-11-31)49-45(61)36(26-41(57)58)50-44(60)34(48-43(30)59)22-29-15-14-28-9-6-7-12-32(28)29/h3-13,15,20,27,30,33-36,42H,14,16-19,21-26H2,1-2H3,(H,48,59)(H,49,61)(H,50,60)(H,51,62)(H,57,58)(H,63,64)/t30-,33+,34-,35+,36-,42-/m1/s1. The summed E-state index contributed by atoms with van der Waals surface area (Å²) in [6, 6.07) is 12.9. The van der Waals surface area contributed by atoms with E-state index < -0.39 is 115 Å². The van der Waals surface area contributed by atoms with E-state index in [2.05, 4.69) is 26.2 Å². The SMILES string of the molecule is CC(C)C[C@@H]1CC(=O)[C@@H](c2cccs2)CC(=O)[C@H](C(=O)O)NC(=O)[C@H](CC(=O)N2CCN(c3ccccc3)CC2)NC(=O)[C@@H](CC(=O)O)NC(=O)[C@@H](CC2=CCc3ccccc32)NC1=O. The van der Waals surface area contributed by atoms with Crippen molar-refractivity contribution in [3.05, 3.63) is 94.2 Å². The number of nitrogens with one attached hydrogen (secondary N) is 4. The molecule has 0 radical (unpaired) electrons. The van der Waals surface area contributed by atoms with E-state index >= 15 is 0 Å². The Morgan fingerprint density at radius 2 is 1.34 bits per heavy atom. The third-order valence-electron chi connectivity index (χ3n) is 11.9. The van der Waals surface area contributed by atoms with Crippen LogP contribution in [0.2, 0.25) is 0 Å².